The molecular formula is C26H32N4O8. The minimum Gasteiger partial charge on any atom is -0.497 e. The van der Waals surface area contributed by atoms with Gasteiger partial charge in [0.1, 0.15) is 17.5 Å². The smallest absolute Gasteiger partial charge is 0.360 e. The van der Waals surface area contributed by atoms with Crippen LogP contribution in [0.5, 0.6) is 17.2 Å². The number of benzene rings is 2. The molecule has 38 heavy (non-hydrogen) atoms. The Hall–Kier alpha value is -4.19. The van der Waals surface area contributed by atoms with Gasteiger partial charge in [0.2, 0.25) is 0 Å². The lowest BCUT2D eigenvalue weighted by Gasteiger charge is -2.20. The zero-order chi connectivity index (χ0) is 28.0. The second kappa shape index (κ2) is 12.4. The summed E-state index contributed by atoms with van der Waals surface area (Å²) in [6, 6.07) is 9.63. The summed E-state index contributed by atoms with van der Waals surface area (Å²) >= 11 is 0. The van der Waals surface area contributed by atoms with Gasteiger partial charge in [0.25, 0.3) is 5.69 Å². The summed E-state index contributed by atoms with van der Waals surface area (Å²) in [5.74, 6) is 0.201. The van der Waals surface area contributed by atoms with Crippen LogP contribution in [0.4, 0.5) is 5.69 Å². The Morgan fingerprint density at radius 2 is 1.68 bits per heavy atom. The summed E-state index contributed by atoms with van der Waals surface area (Å²) in [5.41, 5.74) is -0.0909. The highest BCUT2D eigenvalue weighted by molar-refractivity contribution is 5.88. The number of carbonyl (C=O) groups is 1. The highest BCUT2D eigenvalue weighted by Crippen LogP contribution is 2.41. The number of carbonyl (C=O) groups excluding carboxylic acids is 1. The van der Waals surface area contributed by atoms with Gasteiger partial charge in [-0.3, -0.25) is 10.1 Å². The number of nitrogens with zero attached hydrogens (tertiary/aromatic N) is 4. The molecule has 0 saturated heterocycles. The molecule has 2 aromatic carbocycles. The van der Waals surface area contributed by atoms with E-state index in [0.29, 0.717) is 5.75 Å². The van der Waals surface area contributed by atoms with Crippen LogP contribution < -0.4 is 14.2 Å². The summed E-state index contributed by atoms with van der Waals surface area (Å²) in [6.07, 6.45) is -2.25. The number of nitro groups is 1. The number of aliphatic hydroxyl groups excluding tert-OH is 1. The van der Waals surface area contributed by atoms with Gasteiger partial charge in [-0.1, -0.05) is 17.3 Å². The van der Waals surface area contributed by atoms with Crippen LogP contribution in [-0.2, 0) is 11.3 Å². The largest absolute Gasteiger partial charge is 0.497 e. The van der Waals surface area contributed by atoms with Gasteiger partial charge in [0, 0.05) is 0 Å². The molecule has 1 atom stereocenters. The number of rotatable bonds is 12. The average Bonchev–Trinajstić information content (AvgIpc) is 3.27. The molecule has 0 aliphatic heterocycles. The lowest BCUT2D eigenvalue weighted by Crippen LogP contribution is -2.18. The zero-order valence-corrected chi connectivity index (χ0v) is 22.2. The van der Waals surface area contributed by atoms with E-state index >= 15 is 0 Å². The van der Waals surface area contributed by atoms with Crippen molar-refractivity contribution in [2.75, 3.05) is 13.7 Å². The Balaban J connectivity index is 2.18. The zero-order valence-electron chi connectivity index (χ0n) is 22.2. The van der Waals surface area contributed by atoms with E-state index in [1.165, 1.54) is 16.8 Å². The van der Waals surface area contributed by atoms with Gasteiger partial charge in [0.15, 0.2) is 17.2 Å². The van der Waals surface area contributed by atoms with E-state index in [2.05, 4.69) is 10.3 Å². The maximum atomic E-state index is 12.7. The van der Waals surface area contributed by atoms with Crippen LogP contribution in [0.25, 0.3) is 0 Å². The van der Waals surface area contributed by atoms with Crippen LogP contribution in [0.2, 0.25) is 0 Å². The Morgan fingerprint density at radius 3 is 2.21 bits per heavy atom. The van der Waals surface area contributed by atoms with E-state index in [0.717, 1.165) is 5.56 Å². The number of aromatic nitrogens is 3. The van der Waals surface area contributed by atoms with Crippen LogP contribution in [0.15, 0.2) is 36.4 Å². The molecule has 1 aromatic heterocycles. The third-order valence-corrected chi connectivity index (χ3v) is 5.30. The molecule has 0 bridgehead atoms. The molecule has 12 nitrogen and oxygen atoms in total. The van der Waals surface area contributed by atoms with Crippen molar-refractivity contribution in [3.63, 3.8) is 0 Å². The fourth-order valence-corrected chi connectivity index (χ4v) is 3.74. The lowest BCUT2D eigenvalue weighted by atomic mass is 10.0. The topological polar surface area (TPSA) is 148 Å². The molecule has 204 valence electrons. The van der Waals surface area contributed by atoms with E-state index in [-0.39, 0.29) is 53.8 Å². The molecule has 0 spiro atoms. The van der Waals surface area contributed by atoms with E-state index in [9.17, 15) is 20.0 Å². The van der Waals surface area contributed by atoms with Crippen LogP contribution in [0.1, 0.15) is 68.0 Å². The molecule has 0 amide bonds. The van der Waals surface area contributed by atoms with Crippen LogP contribution in [0, 0.1) is 10.1 Å². The van der Waals surface area contributed by atoms with Crippen molar-refractivity contribution in [3.8, 4) is 17.2 Å². The number of hydrogen-bond acceptors (Lipinski definition) is 10. The minimum absolute atomic E-state index is 0.0598. The Morgan fingerprint density at radius 1 is 1.08 bits per heavy atom. The number of hydrogen-bond donors (Lipinski definition) is 1. The van der Waals surface area contributed by atoms with E-state index in [4.69, 9.17) is 18.9 Å². The van der Waals surface area contributed by atoms with Crippen molar-refractivity contribution in [3.05, 3.63) is 69.0 Å². The molecule has 1 unspecified atom stereocenters. The van der Waals surface area contributed by atoms with Crippen molar-refractivity contribution in [2.45, 2.75) is 59.5 Å². The molecule has 3 rings (SSSR count). The van der Waals surface area contributed by atoms with Gasteiger partial charge in [-0.15, -0.1) is 5.10 Å². The maximum Gasteiger partial charge on any atom is 0.360 e. The van der Waals surface area contributed by atoms with Crippen molar-refractivity contribution in [1.29, 1.82) is 0 Å². The van der Waals surface area contributed by atoms with Crippen molar-refractivity contribution in [2.24, 2.45) is 0 Å². The fraction of sp³-hybridized carbons (Fsp3) is 0.423. The number of nitro benzene ring substituents is 1. The highest BCUT2D eigenvalue weighted by atomic mass is 16.6. The van der Waals surface area contributed by atoms with Crippen LogP contribution in [0.3, 0.4) is 0 Å². The SMILES string of the molecule is CCOC(=O)c1nnn(Cc2ccc(OC)cc2)c1C(O)c1cc(OC(C)C)c(OC(C)C)cc1[N+](=O)[O-]. The van der Waals surface area contributed by atoms with Crippen molar-refractivity contribution < 1.29 is 33.8 Å². The fourth-order valence-electron chi connectivity index (χ4n) is 3.74. The van der Waals surface area contributed by atoms with E-state index < -0.39 is 22.7 Å². The average molecular weight is 529 g/mol. The third kappa shape index (κ3) is 6.57. The monoisotopic (exact) mass is 528 g/mol. The first kappa shape index (κ1) is 28.4. The first-order valence-corrected chi connectivity index (χ1v) is 12.1. The minimum atomic E-state index is -1.68. The molecule has 3 aromatic rings. The molecule has 0 aliphatic rings. The van der Waals surface area contributed by atoms with Crippen LogP contribution in [-0.4, -0.2) is 56.9 Å². The first-order valence-electron chi connectivity index (χ1n) is 12.1. The summed E-state index contributed by atoms with van der Waals surface area (Å²) in [6.45, 7) is 8.95. The highest BCUT2D eigenvalue weighted by Gasteiger charge is 2.33. The molecular weight excluding hydrogens is 496 g/mol. The number of aliphatic hydroxyl groups is 1. The quantitative estimate of drug-likeness (QED) is 0.207. The Labute approximate surface area is 220 Å². The Bertz CT molecular complexity index is 1270. The molecule has 0 radical (unpaired) electrons. The summed E-state index contributed by atoms with van der Waals surface area (Å²) in [5, 5.41) is 31.6. The summed E-state index contributed by atoms with van der Waals surface area (Å²) in [7, 11) is 1.55. The normalized spacial score (nSPS) is 11.9. The number of esters is 1. The van der Waals surface area contributed by atoms with Gasteiger partial charge in [-0.2, -0.15) is 0 Å². The van der Waals surface area contributed by atoms with Crippen LogP contribution >= 0.6 is 0 Å². The van der Waals surface area contributed by atoms with Crippen molar-refractivity contribution in [1.82, 2.24) is 15.0 Å². The summed E-state index contributed by atoms with van der Waals surface area (Å²) in [4.78, 5) is 24.2. The molecule has 12 heteroatoms. The Kier molecular flexibility index (Phi) is 9.24. The van der Waals surface area contributed by atoms with Gasteiger partial charge < -0.3 is 24.1 Å². The first-order chi connectivity index (χ1) is 18.0. The standard InChI is InChI=1S/C26H32N4O8/c1-7-36-26(32)23-24(29(28-27-23)14-17-8-10-18(35-6)11-9-17)25(31)19-12-21(37-15(2)3)22(38-16(4)5)13-20(19)30(33)34/h8-13,15-16,25,31H,7,14H2,1-6H3. The lowest BCUT2D eigenvalue weighted by molar-refractivity contribution is -0.386. The second-order valence-corrected chi connectivity index (χ2v) is 8.90. The summed E-state index contributed by atoms with van der Waals surface area (Å²) < 4.78 is 23.2. The molecule has 1 N–H and O–H groups in total. The maximum absolute atomic E-state index is 12.7. The van der Waals surface area contributed by atoms with Gasteiger partial charge in [-0.25, -0.2) is 9.48 Å². The van der Waals surface area contributed by atoms with Gasteiger partial charge in [-0.05, 0) is 58.4 Å². The third-order valence-electron chi connectivity index (χ3n) is 5.30. The predicted octanol–water partition coefficient (Wildman–Crippen LogP) is 4.08. The van der Waals surface area contributed by atoms with E-state index in [1.807, 2.05) is 0 Å². The predicted molar refractivity (Wildman–Crippen MR) is 137 cm³/mol. The second-order valence-electron chi connectivity index (χ2n) is 8.90. The van der Waals surface area contributed by atoms with E-state index in [1.54, 1.807) is 66.0 Å². The molecule has 0 aliphatic carbocycles. The van der Waals surface area contributed by atoms with Gasteiger partial charge in [0.05, 0.1) is 49.0 Å². The van der Waals surface area contributed by atoms with Crippen molar-refractivity contribution >= 4 is 11.7 Å². The van der Waals surface area contributed by atoms with Gasteiger partial charge >= 0.3 is 5.97 Å². The number of ether oxygens (including phenoxy) is 4. The molecule has 1 heterocycles. The molecule has 0 saturated carbocycles. The molecule has 0 fully saturated rings. The number of methoxy groups -OCH3 is 1.